The van der Waals surface area contributed by atoms with Crippen LogP contribution in [0.4, 0.5) is 18.9 Å². The molecule has 0 radical (unpaired) electrons. The second-order valence-corrected chi connectivity index (χ2v) is 5.41. The molecule has 0 atom stereocenters. The van der Waals surface area contributed by atoms with Crippen molar-refractivity contribution < 1.29 is 18.0 Å². The van der Waals surface area contributed by atoms with E-state index < -0.39 is 17.6 Å². The molecule has 116 valence electrons. The molecular weight excluding hydrogens is 339 g/mol. The Morgan fingerprint density at radius 1 is 1.27 bits per heavy atom. The largest absolute Gasteiger partial charge is 0.416 e. The first-order chi connectivity index (χ1) is 10.4. The standard InChI is InChI=1S/C13H9ClF3N3OS/c14-9-3-2-8(13(15,16)17)6-10(9)20-11(21)7-22-12-18-4-1-5-19-12/h1-6H,7H2,(H,20,21). The Morgan fingerprint density at radius 3 is 2.59 bits per heavy atom. The van der Waals surface area contributed by atoms with Crippen molar-refractivity contribution in [2.45, 2.75) is 11.3 Å². The van der Waals surface area contributed by atoms with Crippen LogP contribution in [-0.2, 0) is 11.0 Å². The molecule has 0 fully saturated rings. The number of alkyl halides is 3. The molecule has 1 aromatic carbocycles. The van der Waals surface area contributed by atoms with Gasteiger partial charge in [0.2, 0.25) is 5.91 Å². The van der Waals surface area contributed by atoms with Crippen molar-refractivity contribution in [3.8, 4) is 0 Å². The average Bonchev–Trinajstić information content (AvgIpc) is 2.47. The van der Waals surface area contributed by atoms with Crippen molar-refractivity contribution in [3.63, 3.8) is 0 Å². The van der Waals surface area contributed by atoms with Crippen molar-refractivity contribution in [1.82, 2.24) is 9.97 Å². The van der Waals surface area contributed by atoms with Crippen molar-refractivity contribution in [1.29, 1.82) is 0 Å². The van der Waals surface area contributed by atoms with E-state index in [1.165, 1.54) is 12.4 Å². The Morgan fingerprint density at radius 2 is 1.95 bits per heavy atom. The van der Waals surface area contributed by atoms with E-state index in [1.54, 1.807) is 6.07 Å². The van der Waals surface area contributed by atoms with Gasteiger partial charge in [0.05, 0.1) is 22.0 Å². The summed E-state index contributed by atoms with van der Waals surface area (Å²) in [5.74, 6) is -0.546. The highest BCUT2D eigenvalue weighted by Crippen LogP contribution is 2.33. The molecule has 0 saturated heterocycles. The van der Waals surface area contributed by atoms with Crippen LogP contribution in [0.1, 0.15) is 5.56 Å². The fraction of sp³-hybridized carbons (Fsp3) is 0.154. The van der Waals surface area contributed by atoms with Gasteiger partial charge in [-0.25, -0.2) is 9.97 Å². The number of nitrogens with one attached hydrogen (secondary N) is 1. The van der Waals surface area contributed by atoms with E-state index in [0.717, 1.165) is 30.0 Å². The van der Waals surface area contributed by atoms with Crippen molar-refractivity contribution >= 4 is 35.0 Å². The van der Waals surface area contributed by atoms with E-state index in [1.807, 2.05) is 0 Å². The Labute approximate surface area is 133 Å². The highest BCUT2D eigenvalue weighted by Gasteiger charge is 2.31. The third kappa shape index (κ3) is 4.60. The lowest BCUT2D eigenvalue weighted by molar-refractivity contribution is -0.137. The zero-order chi connectivity index (χ0) is 16.2. The van der Waals surface area contributed by atoms with Crippen LogP contribution in [0.25, 0.3) is 0 Å². The number of thioether (sulfide) groups is 1. The van der Waals surface area contributed by atoms with Gasteiger partial charge in [0.1, 0.15) is 0 Å². The summed E-state index contributed by atoms with van der Waals surface area (Å²) in [6.07, 6.45) is -1.45. The van der Waals surface area contributed by atoms with Gasteiger partial charge in [-0.3, -0.25) is 4.79 Å². The average molecular weight is 348 g/mol. The lowest BCUT2D eigenvalue weighted by atomic mass is 10.2. The molecule has 0 bridgehead atoms. The smallest absolute Gasteiger partial charge is 0.324 e. The van der Waals surface area contributed by atoms with Gasteiger partial charge in [-0.1, -0.05) is 23.4 Å². The number of aromatic nitrogens is 2. The second kappa shape index (κ2) is 6.97. The maximum Gasteiger partial charge on any atom is 0.416 e. The van der Waals surface area contributed by atoms with Gasteiger partial charge in [0.15, 0.2) is 5.16 Å². The van der Waals surface area contributed by atoms with Gasteiger partial charge in [0, 0.05) is 12.4 Å². The van der Waals surface area contributed by atoms with Crippen LogP contribution in [-0.4, -0.2) is 21.6 Å². The lowest BCUT2D eigenvalue weighted by Crippen LogP contribution is -2.15. The Hall–Kier alpha value is -1.80. The van der Waals surface area contributed by atoms with Gasteiger partial charge in [-0.15, -0.1) is 0 Å². The van der Waals surface area contributed by atoms with E-state index in [-0.39, 0.29) is 16.5 Å². The number of anilines is 1. The van der Waals surface area contributed by atoms with Crippen LogP contribution in [0.3, 0.4) is 0 Å². The molecule has 4 nitrogen and oxygen atoms in total. The molecule has 1 heterocycles. The first kappa shape index (κ1) is 16.6. The maximum absolute atomic E-state index is 12.6. The van der Waals surface area contributed by atoms with Gasteiger partial charge >= 0.3 is 6.18 Å². The Balaban J connectivity index is 2.02. The fourth-order valence-electron chi connectivity index (χ4n) is 1.47. The zero-order valence-corrected chi connectivity index (χ0v) is 12.5. The number of carbonyl (C=O) groups is 1. The summed E-state index contributed by atoms with van der Waals surface area (Å²) in [6, 6.07) is 4.37. The van der Waals surface area contributed by atoms with E-state index in [4.69, 9.17) is 11.6 Å². The monoisotopic (exact) mass is 347 g/mol. The van der Waals surface area contributed by atoms with Gasteiger partial charge in [-0.05, 0) is 24.3 Å². The summed E-state index contributed by atoms with van der Waals surface area (Å²) in [7, 11) is 0. The third-order valence-corrected chi connectivity index (χ3v) is 3.65. The molecule has 2 rings (SSSR count). The first-order valence-electron chi connectivity index (χ1n) is 5.92. The minimum Gasteiger partial charge on any atom is -0.324 e. The molecule has 2 aromatic rings. The van der Waals surface area contributed by atoms with Gasteiger partial charge < -0.3 is 5.32 Å². The normalized spacial score (nSPS) is 11.3. The van der Waals surface area contributed by atoms with Crippen molar-refractivity contribution in [2.24, 2.45) is 0 Å². The summed E-state index contributed by atoms with van der Waals surface area (Å²) in [5.41, 5.74) is -0.970. The predicted octanol–water partition coefficient (Wildman–Crippen LogP) is 3.88. The minimum absolute atomic E-state index is 0.0299. The quantitative estimate of drug-likeness (QED) is 0.673. The van der Waals surface area contributed by atoms with Crippen LogP contribution >= 0.6 is 23.4 Å². The summed E-state index contributed by atoms with van der Waals surface area (Å²) in [6.45, 7) is 0. The predicted molar refractivity (Wildman–Crippen MR) is 77.8 cm³/mol. The molecule has 22 heavy (non-hydrogen) atoms. The Bertz CT molecular complexity index is 667. The second-order valence-electron chi connectivity index (χ2n) is 4.06. The molecule has 1 amide bonds. The number of carbonyl (C=O) groups excluding carboxylic acids is 1. The van der Waals surface area contributed by atoms with Crippen LogP contribution in [0, 0.1) is 0 Å². The van der Waals surface area contributed by atoms with E-state index in [2.05, 4.69) is 15.3 Å². The van der Waals surface area contributed by atoms with Gasteiger partial charge in [-0.2, -0.15) is 13.2 Å². The molecule has 0 aliphatic heterocycles. The molecule has 1 aromatic heterocycles. The topological polar surface area (TPSA) is 54.9 Å². The van der Waals surface area contributed by atoms with Crippen LogP contribution in [0.15, 0.2) is 41.8 Å². The third-order valence-electron chi connectivity index (χ3n) is 2.44. The van der Waals surface area contributed by atoms with E-state index in [0.29, 0.717) is 5.16 Å². The summed E-state index contributed by atoms with van der Waals surface area (Å²) < 4.78 is 37.9. The summed E-state index contributed by atoms with van der Waals surface area (Å²) in [4.78, 5) is 19.6. The fourth-order valence-corrected chi connectivity index (χ4v) is 2.24. The summed E-state index contributed by atoms with van der Waals surface area (Å²) >= 11 is 6.86. The minimum atomic E-state index is -4.50. The van der Waals surface area contributed by atoms with Gasteiger partial charge in [0.25, 0.3) is 0 Å². The molecule has 9 heteroatoms. The number of hydrogen-bond acceptors (Lipinski definition) is 4. The van der Waals surface area contributed by atoms with E-state index in [9.17, 15) is 18.0 Å². The number of hydrogen-bond donors (Lipinski definition) is 1. The molecule has 0 saturated carbocycles. The molecular formula is C13H9ClF3N3OS. The molecule has 0 aliphatic carbocycles. The van der Waals surface area contributed by atoms with Crippen molar-refractivity contribution in [2.75, 3.05) is 11.1 Å². The number of amides is 1. The highest BCUT2D eigenvalue weighted by molar-refractivity contribution is 7.99. The van der Waals surface area contributed by atoms with Crippen LogP contribution in [0.2, 0.25) is 5.02 Å². The van der Waals surface area contributed by atoms with E-state index >= 15 is 0 Å². The molecule has 1 N–H and O–H groups in total. The Kier molecular flexibility index (Phi) is 5.25. The number of benzene rings is 1. The number of nitrogens with zero attached hydrogens (tertiary/aromatic N) is 2. The first-order valence-corrected chi connectivity index (χ1v) is 7.29. The molecule has 0 aliphatic rings. The SMILES string of the molecule is O=C(CSc1ncccn1)Nc1cc(C(F)(F)F)ccc1Cl. The highest BCUT2D eigenvalue weighted by atomic mass is 35.5. The summed E-state index contributed by atoms with van der Waals surface area (Å²) in [5, 5.41) is 2.77. The number of rotatable bonds is 4. The van der Waals surface area contributed by atoms with Crippen molar-refractivity contribution in [3.05, 3.63) is 47.2 Å². The maximum atomic E-state index is 12.6. The molecule has 0 spiro atoms. The van der Waals surface area contributed by atoms with Crippen LogP contribution in [0.5, 0.6) is 0 Å². The van der Waals surface area contributed by atoms with Crippen LogP contribution < -0.4 is 5.32 Å². The molecule has 0 unspecified atom stereocenters. The number of halogens is 4. The lowest BCUT2D eigenvalue weighted by Gasteiger charge is -2.11. The zero-order valence-electron chi connectivity index (χ0n) is 10.9.